The third-order valence-corrected chi connectivity index (χ3v) is 9.31. The minimum absolute atomic E-state index is 0. The van der Waals surface area contributed by atoms with Crippen LogP contribution in [0.15, 0.2) is 69.2 Å². The molecule has 3 heterocycles. The highest BCUT2D eigenvalue weighted by Gasteiger charge is 2.21. The fraction of sp³-hybridized carbons (Fsp3) is 0.259. The molecule has 7 nitrogen and oxygen atoms in total. The van der Waals surface area contributed by atoms with E-state index in [4.69, 9.17) is 0 Å². The van der Waals surface area contributed by atoms with Gasteiger partial charge in [0.15, 0.2) is 9.84 Å². The minimum atomic E-state index is -3.23. The Balaban J connectivity index is 0.00000280. The zero-order valence-electron chi connectivity index (χ0n) is 19.8. The van der Waals surface area contributed by atoms with Gasteiger partial charge >= 0.3 is 5.69 Å². The van der Waals surface area contributed by atoms with Crippen LogP contribution in [0.3, 0.4) is 0 Å². The first-order chi connectivity index (χ1) is 17.3. The van der Waals surface area contributed by atoms with Crippen LogP contribution < -0.4 is 11.2 Å². The summed E-state index contributed by atoms with van der Waals surface area (Å²) in [5.74, 6) is 0. The lowest BCUT2D eigenvalue weighted by Crippen LogP contribution is -2.33. The summed E-state index contributed by atoms with van der Waals surface area (Å²) in [5, 5.41) is 1.57. The van der Waals surface area contributed by atoms with Crippen LogP contribution in [0.5, 0.6) is 0 Å². The quantitative estimate of drug-likeness (QED) is 0.348. The molecule has 0 saturated carbocycles. The second kappa shape index (κ2) is 8.60. The molecular formula is C27H27N3O4S2. The summed E-state index contributed by atoms with van der Waals surface area (Å²) >= 11 is 1.55. The van der Waals surface area contributed by atoms with Gasteiger partial charge in [-0.1, -0.05) is 18.6 Å². The van der Waals surface area contributed by atoms with E-state index >= 15 is 0 Å². The predicted molar refractivity (Wildman–Crippen MR) is 146 cm³/mol. The van der Waals surface area contributed by atoms with E-state index in [9.17, 15) is 18.0 Å². The summed E-state index contributed by atoms with van der Waals surface area (Å²) in [7, 11) is -3.23. The van der Waals surface area contributed by atoms with Crippen LogP contribution in [0.1, 0.15) is 36.7 Å². The number of nitrogens with one attached hydrogen (secondary N) is 1. The van der Waals surface area contributed by atoms with E-state index < -0.39 is 15.5 Å². The van der Waals surface area contributed by atoms with Crippen molar-refractivity contribution >= 4 is 42.3 Å². The smallest absolute Gasteiger partial charge is 0.334 e. The zero-order chi connectivity index (χ0) is 25.0. The SMILES string of the molecule is CS(=O)(=O)c1ccc(Cn2ccc3cc(-n4c(=O)[nH]c5sc6c(c5c4=O)CCCCC6)ccc32)cc1.[HH]. The van der Waals surface area contributed by atoms with E-state index in [1.807, 2.05) is 36.5 Å². The molecule has 1 aliphatic carbocycles. The molecule has 0 aliphatic heterocycles. The molecule has 1 aliphatic rings. The Kier molecular flexibility index (Phi) is 5.49. The number of sulfone groups is 1. The Morgan fingerprint density at radius 3 is 2.56 bits per heavy atom. The summed E-state index contributed by atoms with van der Waals surface area (Å²) in [6.07, 6.45) is 8.34. The number of hydrogen-bond acceptors (Lipinski definition) is 5. The van der Waals surface area contributed by atoms with Crippen molar-refractivity contribution in [1.29, 1.82) is 0 Å². The molecule has 0 fully saturated rings. The number of aryl methyl sites for hydroxylation is 2. The van der Waals surface area contributed by atoms with Crippen LogP contribution in [0.4, 0.5) is 0 Å². The molecule has 5 aromatic rings. The van der Waals surface area contributed by atoms with Gasteiger partial charge in [0.2, 0.25) is 0 Å². The van der Waals surface area contributed by atoms with Crippen molar-refractivity contribution in [2.45, 2.75) is 43.5 Å². The molecule has 36 heavy (non-hydrogen) atoms. The summed E-state index contributed by atoms with van der Waals surface area (Å²) < 4.78 is 26.8. The molecule has 0 unspecified atom stereocenters. The lowest BCUT2D eigenvalue weighted by Gasteiger charge is -2.09. The molecule has 1 N–H and O–H groups in total. The van der Waals surface area contributed by atoms with E-state index in [2.05, 4.69) is 9.55 Å². The minimum Gasteiger partial charge on any atom is -0.343 e. The summed E-state index contributed by atoms with van der Waals surface area (Å²) in [6, 6.07) is 14.4. The van der Waals surface area contributed by atoms with E-state index in [1.165, 1.54) is 15.7 Å². The van der Waals surface area contributed by atoms with Gasteiger partial charge in [0.25, 0.3) is 5.56 Å². The number of rotatable bonds is 4. The Morgan fingerprint density at radius 2 is 1.78 bits per heavy atom. The van der Waals surface area contributed by atoms with Crippen molar-refractivity contribution in [2.75, 3.05) is 6.26 Å². The molecule has 9 heteroatoms. The van der Waals surface area contributed by atoms with Crippen LogP contribution in [-0.2, 0) is 29.2 Å². The van der Waals surface area contributed by atoms with Gasteiger partial charge in [0, 0.05) is 36.2 Å². The number of H-pyrrole nitrogens is 1. The summed E-state index contributed by atoms with van der Waals surface area (Å²) in [5.41, 5.74) is 2.91. The van der Waals surface area contributed by atoms with Crippen molar-refractivity contribution in [3.05, 3.63) is 91.6 Å². The number of benzene rings is 2. The van der Waals surface area contributed by atoms with Crippen molar-refractivity contribution in [3.63, 3.8) is 0 Å². The molecule has 2 aromatic carbocycles. The molecule has 6 rings (SSSR count). The maximum atomic E-state index is 13.6. The molecule has 3 aromatic heterocycles. The first-order valence-electron chi connectivity index (χ1n) is 12.0. The Bertz CT molecular complexity index is 1860. The molecule has 0 amide bonds. The summed E-state index contributed by atoms with van der Waals surface area (Å²) in [4.78, 5) is 31.7. The van der Waals surface area contributed by atoms with Gasteiger partial charge in [-0.3, -0.25) is 9.78 Å². The molecule has 0 radical (unpaired) electrons. The van der Waals surface area contributed by atoms with Crippen LogP contribution in [-0.4, -0.2) is 28.8 Å². The maximum Gasteiger partial charge on any atom is 0.334 e. The first-order valence-corrected chi connectivity index (χ1v) is 14.7. The maximum absolute atomic E-state index is 13.6. The number of thiophene rings is 1. The Labute approximate surface area is 213 Å². The van der Waals surface area contributed by atoms with Gasteiger partial charge in [-0.15, -0.1) is 11.3 Å². The Hall–Kier alpha value is -3.43. The molecular weight excluding hydrogens is 494 g/mol. The first kappa shape index (κ1) is 23.0. The predicted octanol–water partition coefficient (Wildman–Crippen LogP) is 4.66. The highest BCUT2D eigenvalue weighted by atomic mass is 32.2. The van der Waals surface area contributed by atoms with Gasteiger partial charge in [0.05, 0.1) is 16.0 Å². The van der Waals surface area contributed by atoms with Crippen LogP contribution in [0, 0.1) is 0 Å². The lowest BCUT2D eigenvalue weighted by molar-refractivity contribution is 0.602. The number of aromatic nitrogens is 3. The number of hydrogen-bond donors (Lipinski definition) is 1. The third kappa shape index (κ3) is 3.92. The lowest BCUT2D eigenvalue weighted by atomic mass is 10.1. The van der Waals surface area contributed by atoms with Gasteiger partial charge in [0.1, 0.15) is 4.83 Å². The number of fused-ring (bicyclic) bond motifs is 4. The van der Waals surface area contributed by atoms with Gasteiger partial charge in [-0.25, -0.2) is 17.8 Å². The van der Waals surface area contributed by atoms with Crippen LogP contribution >= 0.6 is 11.3 Å². The van der Waals surface area contributed by atoms with Crippen molar-refractivity contribution in [3.8, 4) is 5.69 Å². The van der Waals surface area contributed by atoms with Gasteiger partial charge < -0.3 is 4.57 Å². The van der Waals surface area contributed by atoms with E-state index in [0.717, 1.165) is 54.1 Å². The largest absolute Gasteiger partial charge is 0.343 e. The molecule has 0 bridgehead atoms. The van der Waals surface area contributed by atoms with Crippen LogP contribution in [0.25, 0.3) is 26.8 Å². The molecule has 0 saturated heterocycles. The van der Waals surface area contributed by atoms with Crippen molar-refractivity contribution < 1.29 is 9.84 Å². The van der Waals surface area contributed by atoms with Crippen molar-refractivity contribution in [2.24, 2.45) is 0 Å². The van der Waals surface area contributed by atoms with Crippen LogP contribution in [0.2, 0.25) is 0 Å². The third-order valence-electron chi connectivity index (χ3n) is 6.98. The fourth-order valence-electron chi connectivity index (χ4n) is 5.15. The van der Waals surface area contributed by atoms with E-state index in [1.54, 1.807) is 29.5 Å². The second-order valence-electron chi connectivity index (χ2n) is 9.44. The number of aromatic amines is 1. The second-order valence-corrected chi connectivity index (χ2v) is 12.6. The molecule has 186 valence electrons. The average Bonchev–Trinajstić information content (AvgIpc) is 3.31. The Morgan fingerprint density at radius 1 is 1.00 bits per heavy atom. The van der Waals surface area contributed by atoms with Crippen molar-refractivity contribution in [1.82, 2.24) is 14.1 Å². The van der Waals surface area contributed by atoms with E-state index in [0.29, 0.717) is 27.3 Å². The van der Waals surface area contributed by atoms with Gasteiger partial charge in [-0.2, -0.15) is 0 Å². The monoisotopic (exact) mass is 521 g/mol. The fourth-order valence-corrected chi connectivity index (χ4v) is 7.05. The zero-order valence-corrected chi connectivity index (χ0v) is 21.4. The molecule has 0 spiro atoms. The highest BCUT2D eigenvalue weighted by molar-refractivity contribution is 7.90. The standard InChI is InChI=1S/C27H25N3O4S2.H2/c1-36(33,34)20-10-7-17(8-11-20)16-29-14-13-18-15-19(9-12-22(18)29)30-26(31)24-21-5-3-2-4-6-23(21)35-25(24)28-27(30)32;/h7-15H,2-6,16H2,1H3,(H,28,32);1H. The number of nitrogens with zero attached hydrogens (tertiary/aromatic N) is 2. The van der Waals surface area contributed by atoms with E-state index in [-0.39, 0.29) is 6.99 Å². The van der Waals surface area contributed by atoms with Gasteiger partial charge in [-0.05, 0) is 73.2 Å². The topological polar surface area (TPSA) is 93.9 Å². The normalized spacial score (nSPS) is 14.2. The highest BCUT2D eigenvalue weighted by Crippen LogP contribution is 2.32. The summed E-state index contributed by atoms with van der Waals surface area (Å²) in [6.45, 7) is 0.570. The average molecular weight is 522 g/mol. The molecule has 0 atom stereocenters.